The predicted molar refractivity (Wildman–Crippen MR) is 2.06 cm³/mol. The summed E-state index contributed by atoms with van der Waals surface area (Å²) in [4.78, 5) is 0. The molecule has 0 saturated heterocycles. The van der Waals surface area contributed by atoms with Crippen LogP contribution in [0.25, 0.3) is 0 Å². The SMILES string of the molecule is [O]=[Am](=[O])=[O]. The van der Waals surface area contributed by atoms with Crippen molar-refractivity contribution in [2.75, 3.05) is 0 Å². The van der Waals surface area contributed by atoms with Gasteiger partial charge in [0, 0.05) is 0 Å². The quantitative estimate of drug-likeness (QED) is 0.612. The van der Waals surface area contributed by atoms with E-state index in [1.165, 1.54) is 0 Å². The molecule has 0 heterocycles. The molecule has 0 radical (unpaired) electrons. The molecule has 0 fully saturated rings. The molecule has 0 saturated carbocycles. The molecule has 3 nitrogen and oxygen atoms in total. The van der Waals surface area contributed by atoms with Gasteiger partial charge in [0.05, 0.1) is 0 Å². The van der Waals surface area contributed by atoms with Crippen molar-refractivity contribution in [3.8, 4) is 0 Å². The molecule has 0 spiro atoms. The first kappa shape index (κ1) is 3.79. The van der Waals surface area contributed by atoms with Crippen LogP contribution in [0.2, 0.25) is 0 Å². The first-order chi connectivity index (χ1) is 1.73. The Kier molecular flexibility index (Phi) is 1.09. The van der Waals surface area contributed by atoms with E-state index < -0.39 is 11.3 Å². The topological polar surface area (TPSA) is 51.2 Å². The summed E-state index contributed by atoms with van der Waals surface area (Å²) in [5.74, 6) is 0. The van der Waals surface area contributed by atoms with Crippen LogP contribution in [0.4, 0.5) is 0 Å². The second kappa shape index (κ2) is 1.15. The molecule has 0 aliphatic rings. The minimum absolute atomic E-state index is 4.33. The van der Waals surface area contributed by atoms with Crippen molar-refractivity contribution in [2.24, 2.45) is 0 Å². The van der Waals surface area contributed by atoms with Crippen molar-refractivity contribution >= 4 is 0 Å². The van der Waals surface area contributed by atoms with Gasteiger partial charge in [-0.1, -0.05) is 0 Å². The summed E-state index contributed by atoms with van der Waals surface area (Å²) in [5, 5.41) is 0. The normalized spacial score (nSPS) is 6.00. The van der Waals surface area contributed by atoms with Gasteiger partial charge in [-0.25, -0.2) is 0 Å². The molecule has 0 aliphatic carbocycles. The van der Waals surface area contributed by atoms with E-state index in [1.54, 1.807) is 0 Å². The average molecular weight is 291 g/mol. The summed E-state index contributed by atoms with van der Waals surface area (Å²) in [6, 6.07) is 0. The third-order valence-corrected chi connectivity index (χ3v) is 0. The zero-order chi connectivity index (χ0) is 3.58. The first-order valence-electron chi connectivity index (χ1n) is 0.463. The van der Waals surface area contributed by atoms with Crippen molar-refractivity contribution in [1.82, 2.24) is 0 Å². The maximum absolute atomic E-state index is 8.62. The van der Waals surface area contributed by atoms with Crippen LogP contribution in [0.3, 0.4) is 0 Å². The van der Waals surface area contributed by atoms with Gasteiger partial charge in [-0.3, -0.25) is 0 Å². The van der Waals surface area contributed by atoms with Crippen LogP contribution >= 0.6 is 0 Å². The Morgan fingerprint density at radius 1 is 1.00 bits per heavy atom. The predicted octanol–water partition coefficient (Wildman–Crippen LogP) is -0.356. The minimum atomic E-state index is -4.33. The summed E-state index contributed by atoms with van der Waals surface area (Å²) in [6.07, 6.45) is 0. The molecule has 0 unspecified atom stereocenters. The molecule has 0 aliphatic heterocycles. The summed E-state index contributed by atoms with van der Waals surface area (Å²) >= 11 is -4.33. The molecule has 0 amide bonds. The maximum atomic E-state index is 8.62. The van der Waals surface area contributed by atoms with Gasteiger partial charge in [0.15, 0.2) is 0 Å². The number of rotatable bonds is 0. The fourth-order valence-electron chi connectivity index (χ4n) is 0. The summed E-state index contributed by atoms with van der Waals surface area (Å²) < 4.78 is 25.9. The molecule has 0 bridgehead atoms. The van der Waals surface area contributed by atoms with E-state index in [9.17, 15) is 0 Å². The monoisotopic (exact) mass is 289 g/mol. The van der Waals surface area contributed by atoms with Crippen LogP contribution in [0.15, 0.2) is 0 Å². The summed E-state index contributed by atoms with van der Waals surface area (Å²) in [5.41, 5.74) is 0. The molecule has 0 rings (SSSR count). The molecule has 4 heteroatoms. The van der Waals surface area contributed by atoms with Gasteiger partial charge in [0.25, 0.3) is 0 Å². The van der Waals surface area contributed by atoms with Crippen molar-refractivity contribution in [3.05, 3.63) is 0 Å². The number of hydrogen-bond donors (Lipinski definition) is 0. The van der Waals surface area contributed by atoms with Crippen LogP contribution in [-0.2, 0) is 12.4 Å². The fraction of sp³-hybridized carbons (Fsp3) is 0. The van der Waals surface area contributed by atoms with Crippen LogP contribution in [0, 0.1) is 11.3 Å². The van der Waals surface area contributed by atoms with Crippen molar-refractivity contribution in [1.29, 1.82) is 0 Å². The Bertz CT molecular complexity index is 72.7. The third-order valence-electron chi connectivity index (χ3n) is 0. The van der Waals surface area contributed by atoms with Crippen molar-refractivity contribution in [2.45, 2.75) is 0 Å². The molecular formula is AmO3. The second-order valence-corrected chi connectivity index (χ2v) is 1.76. The van der Waals surface area contributed by atoms with Crippen molar-refractivity contribution < 1.29 is 23.7 Å². The summed E-state index contributed by atoms with van der Waals surface area (Å²) in [6.45, 7) is 0. The Morgan fingerprint density at radius 3 is 1.00 bits per heavy atom. The van der Waals surface area contributed by atoms with Gasteiger partial charge in [0.1, 0.15) is 0 Å². The Hall–Kier alpha value is -0.210. The third kappa shape index (κ3) is 25.2. The zero-order valence-electron chi connectivity index (χ0n) is 1.60. The van der Waals surface area contributed by atoms with E-state index in [0.29, 0.717) is 0 Å². The van der Waals surface area contributed by atoms with Gasteiger partial charge in [0.2, 0.25) is 0 Å². The van der Waals surface area contributed by atoms with E-state index in [4.69, 9.17) is 12.4 Å². The Morgan fingerprint density at radius 2 is 1.00 bits per heavy atom. The van der Waals surface area contributed by atoms with Crippen LogP contribution in [0.5, 0.6) is 0 Å². The second-order valence-electron chi connectivity index (χ2n) is 0.189. The van der Waals surface area contributed by atoms with E-state index >= 15 is 0 Å². The van der Waals surface area contributed by atoms with E-state index in [2.05, 4.69) is 0 Å². The number of hydrogen-bond acceptors (Lipinski definition) is 3. The summed E-state index contributed by atoms with van der Waals surface area (Å²) in [7, 11) is 0. The van der Waals surface area contributed by atoms with E-state index in [-0.39, 0.29) is 0 Å². The molecule has 0 N–H and O–H groups in total. The van der Waals surface area contributed by atoms with Gasteiger partial charge >= 0.3 is 23.7 Å². The zero-order valence-corrected chi connectivity index (χ0v) is 4.75. The van der Waals surface area contributed by atoms with E-state index in [1.807, 2.05) is 0 Å². The Balaban J connectivity index is 4.65. The first-order valence-corrected chi connectivity index (χ1v) is 4.32. The molecule has 0 aromatic carbocycles. The molecule has 25 valence electrons. The van der Waals surface area contributed by atoms with E-state index in [0.717, 1.165) is 0 Å². The van der Waals surface area contributed by atoms with Gasteiger partial charge in [-0.05, 0) is 0 Å². The fourth-order valence-corrected chi connectivity index (χ4v) is 0. The Labute approximate surface area is 24.7 Å². The molecule has 0 aromatic rings. The van der Waals surface area contributed by atoms with Crippen LogP contribution in [-0.4, -0.2) is 0 Å². The van der Waals surface area contributed by atoms with Gasteiger partial charge < -0.3 is 0 Å². The van der Waals surface area contributed by atoms with Gasteiger partial charge in [-0.2, -0.15) is 0 Å². The van der Waals surface area contributed by atoms with Crippen molar-refractivity contribution in [3.63, 3.8) is 0 Å². The molecular weight excluding hydrogens is 291 g/mol. The average Bonchev–Trinajstić information content (AvgIpc) is 0.811. The van der Waals surface area contributed by atoms with Crippen LogP contribution in [0.1, 0.15) is 0 Å². The standard InChI is InChI=1S/Am.3O. The molecule has 0 atom stereocenters. The van der Waals surface area contributed by atoms with Gasteiger partial charge in [-0.15, -0.1) is 0 Å². The molecule has 4 heavy (non-hydrogen) atoms. The van der Waals surface area contributed by atoms with Crippen LogP contribution < -0.4 is 0 Å². The molecule has 0 aromatic heterocycles.